The molecule has 3 aromatic carbocycles. The number of benzene rings is 3. The van der Waals surface area contributed by atoms with Gasteiger partial charge in [0, 0.05) is 22.6 Å². The molecule has 0 aliphatic carbocycles. The van der Waals surface area contributed by atoms with E-state index < -0.39 is 0 Å². The van der Waals surface area contributed by atoms with Gasteiger partial charge in [0.2, 0.25) is 5.90 Å². The maximum atomic E-state index is 13.7. The lowest BCUT2D eigenvalue weighted by Crippen LogP contribution is -2.07. The predicted molar refractivity (Wildman–Crippen MR) is 141 cm³/mol. The molecule has 0 aliphatic heterocycles. The van der Waals surface area contributed by atoms with Crippen molar-refractivity contribution in [3.05, 3.63) is 83.7 Å². The molecule has 0 atom stereocenters. The van der Waals surface area contributed by atoms with Gasteiger partial charge in [-0.3, -0.25) is 10.8 Å². The standard InChI is InChI=1S/C28H25FN2O3S/c1-3-4-25(30)34-26(31)14-7-18-5-10-21(11-6-18)33-27-23-13-9-20(32)16-24(23)35-28(27)22-12-8-19(29)15-17(22)2/h5-16,30-32H,3-4H2,1-2H3/b14-7+,30-25?,31-26?. The van der Waals surface area contributed by atoms with Crippen LogP contribution < -0.4 is 4.74 Å². The minimum Gasteiger partial charge on any atom is -0.508 e. The summed E-state index contributed by atoms with van der Waals surface area (Å²) >= 11 is 1.48. The van der Waals surface area contributed by atoms with E-state index in [9.17, 15) is 9.50 Å². The van der Waals surface area contributed by atoms with E-state index in [1.165, 1.54) is 29.5 Å². The Morgan fingerprint density at radius 2 is 1.83 bits per heavy atom. The first-order chi connectivity index (χ1) is 16.8. The molecule has 1 aromatic heterocycles. The average Bonchev–Trinajstić information content (AvgIpc) is 3.15. The fraction of sp³-hybridized carbons (Fsp3) is 0.143. The maximum Gasteiger partial charge on any atom is 0.213 e. The van der Waals surface area contributed by atoms with Crippen LogP contribution in [-0.2, 0) is 4.74 Å². The topological polar surface area (TPSA) is 86.4 Å². The van der Waals surface area contributed by atoms with E-state index >= 15 is 0 Å². The number of thiophene rings is 1. The molecule has 7 heteroatoms. The second-order valence-electron chi connectivity index (χ2n) is 8.04. The van der Waals surface area contributed by atoms with Gasteiger partial charge in [0.15, 0.2) is 11.6 Å². The van der Waals surface area contributed by atoms with Crippen molar-refractivity contribution in [2.24, 2.45) is 0 Å². The Morgan fingerprint density at radius 1 is 1.06 bits per heavy atom. The van der Waals surface area contributed by atoms with Crippen molar-refractivity contribution in [1.82, 2.24) is 0 Å². The Morgan fingerprint density at radius 3 is 2.54 bits per heavy atom. The SMILES string of the molecule is CCCC(=N)OC(=N)/C=C/c1ccc(Oc2c(-c3ccc(F)cc3C)sc3cc(O)ccc23)cc1. The summed E-state index contributed by atoms with van der Waals surface area (Å²) in [6, 6.07) is 17.2. The Bertz CT molecular complexity index is 1420. The summed E-state index contributed by atoms with van der Waals surface area (Å²) in [5, 5.41) is 26.3. The molecule has 3 N–H and O–H groups in total. The van der Waals surface area contributed by atoms with Gasteiger partial charge in [-0.05, 0) is 78.6 Å². The van der Waals surface area contributed by atoms with Gasteiger partial charge in [0.05, 0.1) is 4.88 Å². The number of fused-ring (bicyclic) bond motifs is 1. The predicted octanol–water partition coefficient (Wildman–Crippen LogP) is 8.30. The zero-order valence-corrected chi connectivity index (χ0v) is 20.2. The molecule has 0 bridgehead atoms. The van der Waals surface area contributed by atoms with Crippen molar-refractivity contribution in [3.63, 3.8) is 0 Å². The lowest BCUT2D eigenvalue weighted by molar-refractivity contribution is 0.476. The summed E-state index contributed by atoms with van der Waals surface area (Å²) < 4.78 is 26.0. The van der Waals surface area contributed by atoms with E-state index in [0.717, 1.165) is 38.1 Å². The molecule has 5 nitrogen and oxygen atoms in total. The van der Waals surface area contributed by atoms with E-state index in [4.69, 9.17) is 20.3 Å². The van der Waals surface area contributed by atoms with E-state index in [1.54, 1.807) is 24.3 Å². The van der Waals surface area contributed by atoms with Gasteiger partial charge >= 0.3 is 0 Å². The number of aryl methyl sites for hydroxylation is 1. The monoisotopic (exact) mass is 488 g/mol. The molecular weight excluding hydrogens is 463 g/mol. The van der Waals surface area contributed by atoms with E-state index in [1.807, 2.05) is 44.2 Å². The first-order valence-corrected chi connectivity index (χ1v) is 12.0. The second kappa shape index (κ2) is 10.5. The maximum absolute atomic E-state index is 13.7. The van der Waals surface area contributed by atoms with Crippen LogP contribution in [0.1, 0.15) is 30.9 Å². The quantitative estimate of drug-likeness (QED) is 0.181. The van der Waals surface area contributed by atoms with Crippen LogP contribution in [-0.4, -0.2) is 16.9 Å². The number of hydrogen-bond donors (Lipinski definition) is 3. The van der Waals surface area contributed by atoms with Crippen LogP contribution >= 0.6 is 11.3 Å². The van der Waals surface area contributed by atoms with Crippen LogP contribution in [0.15, 0.2) is 66.7 Å². The first kappa shape index (κ1) is 24.2. The number of phenols is 1. The Labute approximate surface area is 207 Å². The number of halogens is 1. The minimum absolute atomic E-state index is 0.0781. The van der Waals surface area contributed by atoms with Crippen LogP contribution in [0, 0.1) is 23.6 Å². The largest absolute Gasteiger partial charge is 0.508 e. The summed E-state index contributed by atoms with van der Waals surface area (Å²) in [5.41, 5.74) is 2.51. The van der Waals surface area contributed by atoms with Gasteiger partial charge in [0.1, 0.15) is 17.3 Å². The third-order valence-electron chi connectivity index (χ3n) is 5.30. The first-order valence-electron chi connectivity index (χ1n) is 11.2. The lowest BCUT2D eigenvalue weighted by Gasteiger charge is -2.10. The van der Waals surface area contributed by atoms with Crippen LogP contribution in [0.2, 0.25) is 0 Å². The highest BCUT2D eigenvalue weighted by Crippen LogP contribution is 2.48. The third kappa shape index (κ3) is 5.75. The molecule has 0 saturated carbocycles. The number of phenolic OH excluding ortho intramolecular Hbond substituents is 1. The molecule has 178 valence electrons. The third-order valence-corrected chi connectivity index (χ3v) is 6.47. The highest BCUT2D eigenvalue weighted by atomic mass is 32.1. The summed E-state index contributed by atoms with van der Waals surface area (Å²) in [6.45, 7) is 3.81. The molecule has 0 fully saturated rings. The number of ether oxygens (including phenoxy) is 2. The van der Waals surface area contributed by atoms with Crippen molar-refractivity contribution >= 4 is 39.3 Å². The minimum atomic E-state index is -0.295. The molecule has 0 aliphatic rings. The van der Waals surface area contributed by atoms with Crippen LogP contribution in [0.3, 0.4) is 0 Å². The fourth-order valence-electron chi connectivity index (χ4n) is 3.60. The summed E-state index contributed by atoms with van der Waals surface area (Å²) in [7, 11) is 0. The molecule has 35 heavy (non-hydrogen) atoms. The van der Waals surface area contributed by atoms with Crippen LogP contribution in [0.25, 0.3) is 26.6 Å². The summed E-state index contributed by atoms with van der Waals surface area (Å²) in [5.74, 6) is 1.13. The number of nitrogens with one attached hydrogen (secondary N) is 2. The highest BCUT2D eigenvalue weighted by Gasteiger charge is 2.18. The molecule has 0 saturated heterocycles. The van der Waals surface area contributed by atoms with Gasteiger partial charge in [-0.15, -0.1) is 11.3 Å². The number of rotatable bonds is 7. The van der Waals surface area contributed by atoms with Gasteiger partial charge in [-0.1, -0.05) is 25.1 Å². The van der Waals surface area contributed by atoms with Gasteiger partial charge in [-0.2, -0.15) is 0 Å². The summed E-state index contributed by atoms with van der Waals surface area (Å²) in [4.78, 5) is 0.854. The smallest absolute Gasteiger partial charge is 0.213 e. The zero-order chi connectivity index (χ0) is 24.9. The highest BCUT2D eigenvalue weighted by molar-refractivity contribution is 7.22. The lowest BCUT2D eigenvalue weighted by atomic mass is 10.1. The van der Waals surface area contributed by atoms with Crippen LogP contribution in [0.5, 0.6) is 17.2 Å². The van der Waals surface area contributed by atoms with Crippen molar-refractivity contribution < 1.29 is 19.0 Å². The van der Waals surface area contributed by atoms with Gasteiger partial charge < -0.3 is 14.6 Å². The second-order valence-corrected chi connectivity index (χ2v) is 9.10. The van der Waals surface area contributed by atoms with E-state index in [2.05, 4.69) is 0 Å². The van der Waals surface area contributed by atoms with E-state index in [-0.39, 0.29) is 23.4 Å². The molecule has 0 radical (unpaired) electrons. The summed E-state index contributed by atoms with van der Waals surface area (Å²) in [6.07, 6.45) is 4.54. The molecule has 0 spiro atoms. The van der Waals surface area contributed by atoms with E-state index in [0.29, 0.717) is 17.9 Å². The van der Waals surface area contributed by atoms with Gasteiger partial charge in [-0.25, -0.2) is 4.39 Å². The van der Waals surface area contributed by atoms with Crippen molar-refractivity contribution in [1.29, 1.82) is 10.8 Å². The Hall–Kier alpha value is -3.97. The average molecular weight is 489 g/mol. The fourth-order valence-corrected chi connectivity index (χ4v) is 4.86. The van der Waals surface area contributed by atoms with Gasteiger partial charge in [0.25, 0.3) is 0 Å². The zero-order valence-electron chi connectivity index (χ0n) is 19.4. The molecular formula is C28H25FN2O3S. The molecule has 4 rings (SSSR count). The normalized spacial score (nSPS) is 11.2. The Balaban J connectivity index is 1.60. The number of hydrogen-bond acceptors (Lipinski definition) is 6. The number of aromatic hydroxyl groups is 1. The van der Waals surface area contributed by atoms with Crippen LogP contribution in [0.4, 0.5) is 4.39 Å². The van der Waals surface area contributed by atoms with Crippen molar-refractivity contribution in [2.45, 2.75) is 26.7 Å². The molecule has 4 aromatic rings. The van der Waals surface area contributed by atoms with Crippen molar-refractivity contribution in [3.8, 4) is 27.7 Å². The Kier molecular flexibility index (Phi) is 7.27. The van der Waals surface area contributed by atoms with Crippen molar-refractivity contribution in [2.75, 3.05) is 0 Å². The molecule has 1 heterocycles. The molecule has 0 unspecified atom stereocenters. The molecule has 0 amide bonds.